The molecule has 1 unspecified atom stereocenters. The third-order valence-electron chi connectivity index (χ3n) is 4.64. The smallest absolute Gasteiger partial charge is 0.0866 e. The molecule has 0 bridgehead atoms. The van der Waals surface area contributed by atoms with E-state index in [1.54, 1.807) is 11.3 Å². The van der Waals surface area contributed by atoms with Crippen LogP contribution in [0, 0.1) is 11.3 Å². The standard InChI is InChI=1S/C15H25NOS/c1-2-3-12-4-7-15(11-16,8-5-12)14(17)13-6-9-18-10-13/h6,9-10,12,14,17H,2-5,7-8,11,16H2,1H3. The molecule has 1 aromatic heterocycles. The summed E-state index contributed by atoms with van der Waals surface area (Å²) < 4.78 is 0. The monoisotopic (exact) mass is 267 g/mol. The number of rotatable bonds is 5. The average molecular weight is 267 g/mol. The molecule has 0 aromatic carbocycles. The van der Waals surface area contributed by atoms with Gasteiger partial charge in [-0.15, -0.1) is 0 Å². The highest BCUT2D eigenvalue weighted by Crippen LogP contribution is 2.47. The molecule has 102 valence electrons. The topological polar surface area (TPSA) is 46.2 Å². The molecule has 2 rings (SSSR count). The van der Waals surface area contributed by atoms with Crippen molar-refractivity contribution in [1.29, 1.82) is 0 Å². The maximum absolute atomic E-state index is 10.6. The van der Waals surface area contributed by atoms with E-state index in [1.165, 1.54) is 25.7 Å². The van der Waals surface area contributed by atoms with Gasteiger partial charge in [0.1, 0.15) is 0 Å². The van der Waals surface area contributed by atoms with Crippen LogP contribution in [0.3, 0.4) is 0 Å². The number of hydrogen-bond acceptors (Lipinski definition) is 3. The minimum absolute atomic E-state index is 0.0781. The Bertz CT molecular complexity index is 341. The Kier molecular flexibility index (Phi) is 4.82. The molecule has 0 saturated heterocycles. The summed E-state index contributed by atoms with van der Waals surface area (Å²) in [4.78, 5) is 0. The van der Waals surface area contributed by atoms with Crippen molar-refractivity contribution in [3.8, 4) is 0 Å². The van der Waals surface area contributed by atoms with Crippen molar-refractivity contribution in [1.82, 2.24) is 0 Å². The van der Waals surface area contributed by atoms with Crippen LogP contribution in [-0.2, 0) is 0 Å². The Balaban J connectivity index is 2.04. The molecule has 1 atom stereocenters. The fraction of sp³-hybridized carbons (Fsp3) is 0.733. The van der Waals surface area contributed by atoms with Crippen LogP contribution in [0.2, 0.25) is 0 Å². The van der Waals surface area contributed by atoms with Gasteiger partial charge in [0.25, 0.3) is 0 Å². The molecule has 1 heterocycles. The van der Waals surface area contributed by atoms with Crippen LogP contribution in [0.1, 0.15) is 57.1 Å². The molecular formula is C15H25NOS. The zero-order chi connectivity index (χ0) is 13.0. The van der Waals surface area contributed by atoms with Crippen LogP contribution in [0.4, 0.5) is 0 Å². The highest BCUT2D eigenvalue weighted by molar-refractivity contribution is 7.07. The van der Waals surface area contributed by atoms with Gasteiger partial charge in [0.15, 0.2) is 0 Å². The number of aliphatic hydroxyl groups excluding tert-OH is 1. The Morgan fingerprint density at radius 3 is 2.72 bits per heavy atom. The molecule has 2 nitrogen and oxygen atoms in total. The number of thiophene rings is 1. The minimum atomic E-state index is -0.378. The molecule has 1 aliphatic carbocycles. The Hall–Kier alpha value is -0.380. The first-order chi connectivity index (χ1) is 8.72. The summed E-state index contributed by atoms with van der Waals surface area (Å²) in [5.41, 5.74) is 6.98. The summed E-state index contributed by atoms with van der Waals surface area (Å²) in [7, 11) is 0. The van der Waals surface area contributed by atoms with Gasteiger partial charge >= 0.3 is 0 Å². The maximum atomic E-state index is 10.6. The lowest BCUT2D eigenvalue weighted by atomic mass is 9.65. The van der Waals surface area contributed by atoms with Crippen LogP contribution in [0.15, 0.2) is 16.8 Å². The van der Waals surface area contributed by atoms with Gasteiger partial charge in [0.2, 0.25) is 0 Å². The summed E-state index contributed by atoms with van der Waals surface area (Å²) in [6.45, 7) is 2.86. The van der Waals surface area contributed by atoms with Crippen LogP contribution < -0.4 is 5.73 Å². The molecular weight excluding hydrogens is 242 g/mol. The first-order valence-electron chi connectivity index (χ1n) is 7.12. The molecule has 0 aliphatic heterocycles. The van der Waals surface area contributed by atoms with Crippen molar-refractivity contribution in [2.24, 2.45) is 17.1 Å². The summed E-state index contributed by atoms with van der Waals surface area (Å²) in [6, 6.07) is 2.03. The quantitative estimate of drug-likeness (QED) is 0.854. The molecule has 3 N–H and O–H groups in total. The SMILES string of the molecule is CCCC1CCC(CN)(C(O)c2ccsc2)CC1. The lowest BCUT2D eigenvalue weighted by molar-refractivity contribution is -0.0106. The van der Waals surface area contributed by atoms with Crippen LogP contribution in [-0.4, -0.2) is 11.7 Å². The molecule has 0 amide bonds. The first kappa shape index (κ1) is 14.0. The third kappa shape index (κ3) is 2.79. The van der Waals surface area contributed by atoms with E-state index in [-0.39, 0.29) is 11.5 Å². The van der Waals surface area contributed by atoms with E-state index in [0.29, 0.717) is 6.54 Å². The summed E-state index contributed by atoms with van der Waals surface area (Å²) in [5, 5.41) is 14.7. The summed E-state index contributed by atoms with van der Waals surface area (Å²) >= 11 is 1.65. The predicted octanol–water partition coefficient (Wildman–Crippen LogP) is 3.72. The van der Waals surface area contributed by atoms with Crippen LogP contribution in [0.25, 0.3) is 0 Å². The van der Waals surface area contributed by atoms with Crippen molar-refractivity contribution >= 4 is 11.3 Å². The zero-order valence-electron chi connectivity index (χ0n) is 11.3. The normalized spacial score (nSPS) is 30.3. The van der Waals surface area contributed by atoms with Gasteiger partial charge in [-0.2, -0.15) is 11.3 Å². The van der Waals surface area contributed by atoms with E-state index in [4.69, 9.17) is 5.73 Å². The van der Waals surface area contributed by atoms with E-state index in [0.717, 1.165) is 24.3 Å². The predicted molar refractivity (Wildman–Crippen MR) is 77.6 cm³/mol. The largest absolute Gasteiger partial charge is 0.388 e. The van der Waals surface area contributed by atoms with Gasteiger partial charge in [0, 0.05) is 12.0 Å². The Morgan fingerprint density at radius 1 is 1.50 bits per heavy atom. The minimum Gasteiger partial charge on any atom is -0.388 e. The Morgan fingerprint density at radius 2 is 2.22 bits per heavy atom. The average Bonchev–Trinajstić information content (AvgIpc) is 2.93. The summed E-state index contributed by atoms with van der Waals surface area (Å²) in [6.07, 6.45) is 6.83. The van der Waals surface area contributed by atoms with Crippen molar-refractivity contribution in [2.75, 3.05) is 6.54 Å². The zero-order valence-corrected chi connectivity index (χ0v) is 12.1. The number of aliphatic hydroxyl groups is 1. The van der Waals surface area contributed by atoms with E-state index in [2.05, 4.69) is 12.3 Å². The van der Waals surface area contributed by atoms with Gasteiger partial charge in [-0.05, 0) is 54.0 Å². The van der Waals surface area contributed by atoms with Crippen LogP contribution >= 0.6 is 11.3 Å². The van der Waals surface area contributed by atoms with E-state index in [1.807, 2.05) is 11.4 Å². The Labute approximate surface area is 114 Å². The van der Waals surface area contributed by atoms with E-state index in [9.17, 15) is 5.11 Å². The third-order valence-corrected chi connectivity index (χ3v) is 5.34. The fourth-order valence-electron chi connectivity index (χ4n) is 3.32. The fourth-order valence-corrected chi connectivity index (χ4v) is 4.00. The van der Waals surface area contributed by atoms with E-state index < -0.39 is 0 Å². The highest BCUT2D eigenvalue weighted by Gasteiger charge is 2.40. The van der Waals surface area contributed by atoms with Crippen molar-refractivity contribution in [2.45, 2.75) is 51.6 Å². The lowest BCUT2D eigenvalue weighted by Gasteiger charge is -2.42. The highest BCUT2D eigenvalue weighted by atomic mass is 32.1. The molecule has 0 radical (unpaired) electrons. The number of nitrogens with two attached hydrogens (primary N) is 1. The molecule has 1 saturated carbocycles. The molecule has 1 fully saturated rings. The van der Waals surface area contributed by atoms with Crippen molar-refractivity contribution in [3.63, 3.8) is 0 Å². The van der Waals surface area contributed by atoms with Gasteiger partial charge in [-0.3, -0.25) is 0 Å². The van der Waals surface area contributed by atoms with Crippen LogP contribution in [0.5, 0.6) is 0 Å². The molecule has 1 aliphatic rings. The first-order valence-corrected chi connectivity index (χ1v) is 8.06. The second kappa shape index (κ2) is 6.18. The maximum Gasteiger partial charge on any atom is 0.0866 e. The van der Waals surface area contributed by atoms with Gasteiger partial charge < -0.3 is 10.8 Å². The molecule has 1 aromatic rings. The molecule has 18 heavy (non-hydrogen) atoms. The summed E-state index contributed by atoms with van der Waals surface area (Å²) in [5.74, 6) is 0.851. The van der Waals surface area contributed by atoms with E-state index >= 15 is 0 Å². The second-order valence-electron chi connectivity index (χ2n) is 5.76. The van der Waals surface area contributed by atoms with Gasteiger partial charge in [-0.1, -0.05) is 19.8 Å². The van der Waals surface area contributed by atoms with Crippen molar-refractivity contribution < 1.29 is 5.11 Å². The van der Waals surface area contributed by atoms with Gasteiger partial charge in [0.05, 0.1) is 6.10 Å². The molecule has 3 heteroatoms. The van der Waals surface area contributed by atoms with Gasteiger partial charge in [-0.25, -0.2) is 0 Å². The second-order valence-corrected chi connectivity index (χ2v) is 6.54. The lowest BCUT2D eigenvalue weighted by Crippen LogP contribution is -2.40. The number of hydrogen-bond donors (Lipinski definition) is 2. The van der Waals surface area contributed by atoms with Crippen molar-refractivity contribution in [3.05, 3.63) is 22.4 Å². The molecule has 0 spiro atoms.